The highest BCUT2D eigenvalue weighted by Gasteiger charge is 1.94. The van der Waals surface area contributed by atoms with Crippen LogP contribution in [0.2, 0.25) is 0 Å². The third-order valence-electron chi connectivity index (χ3n) is 0.544. The molecule has 0 amide bonds. The molecule has 0 saturated carbocycles. The van der Waals surface area contributed by atoms with Crippen LogP contribution in [0.3, 0.4) is 0 Å². The number of halogens is 1. The minimum atomic E-state index is -0.416. The van der Waals surface area contributed by atoms with Crippen LogP contribution in [0.25, 0.3) is 0 Å². The molecule has 0 unspecified atom stereocenters. The Kier molecular flexibility index (Phi) is 1.26. The Morgan fingerprint density at radius 1 is 1.43 bits per heavy atom. The molecule has 38 valence electrons. The molecule has 0 aliphatic carbocycles. The van der Waals surface area contributed by atoms with Gasteiger partial charge in [0.25, 0.3) is 0 Å². The smallest absolute Gasteiger partial charge is 0.217 e. The largest absolute Gasteiger partial charge is 0.338 e. The lowest BCUT2D eigenvalue weighted by Gasteiger charge is -1.99. The van der Waals surface area contributed by atoms with Gasteiger partial charge in [-0.1, -0.05) is 11.6 Å². The molecule has 0 aromatic rings. The maximum Gasteiger partial charge on any atom is 0.217 e. The molecule has 0 aromatic carbocycles. The number of rotatable bonds is 0. The van der Waals surface area contributed by atoms with E-state index in [1.165, 1.54) is 12.7 Å². The fourth-order valence-corrected chi connectivity index (χ4v) is 0.394. The number of hydrogen-bond donors (Lipinski definition) is 1. The van der Waals surface area contributed by atoms with Crippen molar-refractivity contribution < 1.29 is 0 Å². The van der Waals surface area contributed by atoms with Crippen molar-refractivity contribution in [1.82, 2.24) is 5.32 Å². The van der Waals surface area contributed by atoms with Gasteiger partial charge in [-0.05, 0) is 0 Å². The Morgan fingerprint density at radius 2 is 2.00 bits per heavy atom. The van der Waals surface area contributed by atoms with Gasteiger partial charge in [-0.15, -0.1) is 0 Å². The van der Waals surface area contributed by atoms with Crippen molar-refractivity contribution in [3.05, 3.63) is 0 Å². The van der Waals surface area contributed by atoms with E-state index in [1.807, 2.05) is 0 Å². The van der Waals surface area contributed by atoms with Crippen LogP contribution in [0.1, 0.15) is 0 Å². The molecule has 0 spiro atoms. The van der Waals surface area contributed by atoms with Gasteiger partial charge in [0, 0.05) is 0 Å². The van der Waals surface area contributed by atoms with Crippen molar-refractivity contribution in [3.63, 3.8) is 0 Å². The first-order valence-corrected chi connectivity index (χ1v) is 2.26. The Morgan fingerprint density at radius 3 is 2.29 bits per heavy atom. The monoisotopic (exact) mass is 117 g/mol. The van der Waals surface area contributed by atoms with Gasteiger partial charge in [-0.25, -0.2) is 9.98 Å². The molecule has 0 aromatic heterocycles. The molecular formula is C3H4ClN3. The minimum absolute atomic E-state index is 0.416. The Bertz CT molecular complexity index is 96.7. The first-order chi connectivity index (χ1) is 3.39. The topological polar surface area (TPSA) is 36.8 Å². The summed E-state index contributed by atoms with van der Waals surface area (Å²) in [5.41, 5.74) is -0.416. The number of aliphatic imine (C=N–C) groups is 2. The molecule has 1 aliphatic heterocycles. The molecule has 0 atom stereocenters. The first-order valence-electron chi connectivity index (χ1n) is 1.83. The standard InChI is InChI=1S/C3H4ClN3/c4-3-6-1-5-2-7-3/h1-3H,(H,5,6,7). The normalized spacial score (nSPS) is 19.6. The second kappa shape index (κ2) is 1.93. The van der Waals surface area contributed by atoms with Crippen molar-refractivity contribution in [2.45, 2.75) is 5.62 Å². The van der Waals surface area contributed by atoms with Gasteiger partial charge in [-0.2, -0.15) is 0 Å². The van der Waals surface area contributed by atoms with E-state index in [9.17, 15) is 0 Å². The summed E-state index contributed by atoms with van der Waals surface area (Å²) < 4.78 is 0. The van der Waals surface area contributed by atoms with E-state index in [2.05, 4.69) is 15.3 Å². The predicted molar refractivity (Wildman–Crippen MR) is 29.8 cm³/mol. The summed E-state index contributed by atoms with van der Waals surface area (Å²) in [6, 6.07) is 0. The molecule has 3 nitrogen and oxygen atoms in total. The van der Waals surface area contributed by atoms with Gasteiger partial charge in [0.05, 0.1) is 12.7 Å². The van der Waals surface area contributed by atoms with E-state index in [-0.39, 0.29) is 0 Å². The van der Waals surface area contributed by atoms with E-state index in [0.29, 0.717) is 0 Å². The van der Waals surface area contributed by atoms with Gasteiger partial charge in [0.2, 0.25) is 5.62 Å². The van der Waals surface area contributed by atoms with E-state index in [4.69, 9.17) is 11.6 Å². The van der Waals surface area contributed by atoms with Crippen molar-refractivity contribution in [1.29, 1.82) is 0 Å². The van der Waals surface area contributed by atoms with Gasteiger partial charge >= 0.3 is 0 Å². The van der Waals surface area contributed by atoms with Crippen LogP contribution >= 0.6 is 11.6 Å². The van der Waals surface area contributed by atoms with E-state index >= 15 is 0 Å². The lowest BCUT2D eigenvalue weighted by Crippen LogP contribution is -2.14. The molecule has 4 heteroatoms. The van der Waals surface area contributed by atoms with E-state index in [1.54, 1.807) is 0 Å². The van der Waals surface area contributed by atoms with Gasteiger partial charge < -0.3 is 5.32 Å². The zero-order valence-electron chi connectivity index (χ0n) is 3.50. The van der Waals surface area contributed by atoms with Crippen molar-refractivity contribution >= 4 is 24.3 Å². The number of hydrogen-bond acceptors (Lipinski definition) is 3. The summed E-state index contributed by atoms with van der Waals surface area (Å²) >= 11 is 5.38. The maximum atomic E-state index is 5.38. The second-order valence-corrected chi connectivity index (χ2v) is 1.42. The predicted octanol–water partition coefficient (Wildman–Crippen LogP) is 0.169. The average molecular weight is 118 g/mol. The molecule has 0 radical (unpaired) electrons. The maximum absolute atomic E-state index is 5.38. The van der Waals surface area contributed by atoms with Crippen LogP contribution in [-0.4, -0.2) is 18.3 Å². The van der Waals surface area contributed by atoms with Crippen molar-refractivity contribution in [2.24, 2.45) is 9.98 Å². The highest BCUT2D eigenvalue weighted by atomic mass is 35.5. The molecule has 7 heavy (non-hydrogen) atoms. The zero-order valence-corrected chi connectivity index (χ0v) is 4.26. The van der Waals surface area contributed by atoms with Crippen LogP contribution in [0, 0.1) is 0 Å². The third-order valence-corrected chi connectivity index (χ3v) is 0.770. The fourth-order valence-electron chi connectivity index (χ4n) is 0.281. The number of alkyl halides is 1. The molecule has 1 aliphatic rings. The third kappa shape index (κ3) is 1.16. The van der Waals surface area contributed by atoms with E-state index in [0.717, 1.165) is 0 Å². The summed E-state index contributed by atoms with van der Waals surface area (Å²) in [6.07, 6.45) is 3.01. The average Bonchev–Trinajstić information content (AvgIpc) is 1.69. The van der Waals surface area contributed by atoms with Crippen LogP contribution in [0.5, 0.6) is 0 Å². The lowest BCUT2D eigenvalue weighted by molar-refractivity contribution is 0.953. The lowest BCUT2D eigenvalue weighted by atomic mass is 10.9. The highest BCUT2D eigenvalue weighted by Crippen LogP contribution is 1.97. The summed E-state index contributed by atoms with van der Waals surface area (Å²) in [4.78, 5) is 7.32. The number of nitrogens with zero attached hydrogens (tertiary/aromatic N) is 2. The summed E-state index contributed by atoms with van der Waals surface area (Å²) in [5.74, 6) is 0. The molecule has 1 rings (SSSR count). The SMILES string of the molecule is ClC1N=CNC=N1. The minimum Gasteiger partial charge on any atom is -0.338 e. The van der Waals surface area contributed by atoms with Crippen LogP contribution in [0.4, 0.5) is 0 Å². The molecule has 0 saturated heterocycles. The molecular weight excluding hydrogens is 114 g/mol. The summed E-state index contributed by atoms with van der Waals surface area (Å²) in [5, 5.41) is 2.65. The quantitative estimate of drug-likeness (QED) is 0.356. The van der Waals surface area contributed by atoms with Crippen LogP contribution < -0.4 is 5.32 Å². The second-order valence-electron chi connectivity index (χ2n) is 1.03. The Labute approximate surface area is 46.1 Å². The van der Waals surface area contributed by atoms with Crippen molar-refractivity contribution in [3.8, 4) is 0 Å². The van der Waals surface area contributed by atoms with Crippen molar-refractivity contribution in [2.75, 3.05) is 0 Å². The first kappa shape index (κ1) is 4.59. The molecule has 0 fully saturated rings. The summed E-state index contributed by atoms with van der Waals surface area (Å²) in [6.45, 7) is 0. The molecule has 1 heterocycles. The molecule has 1 N–H and O–H groups in total. The Balaban J connectivity index is 2.49. The van der Waals surface area contributed by atoms with Crippen LogP contribution in [0.15, 0.2) is 9.98 Å². The molecule has 0 bridgehead atoms. The Hall–Kier alpha value is -0.570. The number of nitrogens with one attached hydrogen (secondary N) is 1. The van der Waals surface area contributed by atoms with Crippen LogP contribution in [-0.2, 0) is 0 Å². The van der Waals surface area contributed by atoms with Gasteiger partial charge in [0.1, 0.15) is 0 Å². The summed E-state index contributed by atoms with van der Waals surface area (Å²) in [7, 11) is 0. The highest BCUT2D eigenvalue weighted by molar-refractivity contribution is 6.21. The van der Waals surface area contributed by atoms with Gasteiger partial charge in [0.15, 0.2) is 0 Å². The van der Waals surface area contributed by atoms with Gasteiger partial charge in [-0.3, -0.25) is 0 Å². The fraction of sp³-hybridized carbons (Fsp3) is 0.333. The zero-order chi connectivity index (χ0) is 5.11. The van der Waals surface area contributed by atoms with E-state index < -0.39 is 5.62 Å².